The molecule has 1 aromatic rings. The molecule has 6 heteroatoms. The van der Waals surface area contributed by atoms with E-state index < -0.39 is 5.97 Å². The Kier molecular flexibility index (Phi) is 9.97. The Balaban J connectivity index is 0.00000289. The van der Waals surface area contributed by atoms with E-state index >= 15 is 0 Å². The fraction of sp³-hybridized carbons (Fsp3) is 0.417. The molecule has 0 saturated heterocycles. The number of carboxylic acid groups (broad SMARTS) is 1. The second-order valence-electron chi connectivity index (χ2n) is 3.60. The van der Waals surface area contributed by atoms with Crippen molar-refractivity contribution >= 4 is 64.4 Å². The van der Waals surface area contributed by atoms with Crippen molar-refractivity contribution in [1.82, 2.24) is 0 Å². The molecule has 0 heterocycles. The molecule has 0 unspecified atom stereocenters. The van der Waals surface area contributed by atoms with Crippen LogP contribution in [-0.2, 0) is 11.2 Å². The maximum Gasteiger partial charge on any atom is 0.307 e. The molecule has 1 radical (unpaired) electrons. The van der Waals surface area contributed by atoms with Gasteiger partial charge in [-0.05, 0) is 17.7 Å². The number of rotatable bonds is 7. The fourth-order valence-electron chi connectivity index (χ4n) is 1.57. The maximum atomic E-state index is 10.5. The van der Waals surface area contributed by atoms with Crippen molar-refractivity contribution in [3.8, 4) is 0 Å². The number of hydrogen-bond acceptors (Lipinski definition) is 2. The van der Waals surface area contributed by atoms with Gasteiger partial charge in [0.2, 0.25) is 0 Å². The molecule has 1 N–H and O–H groups in total. The van der Waals surface area contributed by atoms with Crippen LogP contribution in [0.15, 0.2) is 24.3 Å². The van der Waals surface area contributed by atoms with Crippen LogP contribution in [0.25, 0.3) is 0 Å². The van der Waals surface area contributed by atoms with E-state index in [1.807, 2.05) is 24.3 Å². The molecule has 0 aliphatic heterocycles. The van der Waals surface area contributed by atoms with Crippen LogP contribution in [0.5, 0.6) is 0 Å². The average molecular weight is 299 g/mol. The third-order valence-corrected chi connectivity index (χ3v) is 2.70. The Morgan fingerprint density at radius 2 is 1.61 bits per heavy atom. The molecule has 3 nitrogen and oxygen atoms in total. The quantitative estimate of drug-likeness (QED) is 0.620. The summed E-state index contributed by atoms with van der Waals surface area (Å²) in [4.78, 5) is 12.6. The van der Waals surface area contributed by atoms with Gasteiger partial charge in [-0.3, -0.25) is 4.79 Å². The Morgan fingerprint density at radius 3 is 2.00 bits per heavy atom. The van der Waals surface area contributed by atoms with Gasteiger partial charge in [0.25, 0.3) is 0 Å². The summed E-state index contributed by atoms with van der Waals surface area (Å²) < 4.78 is 0. The van der Waals surface area contributed by atoms with Gasteiger partial charge in [0.1, 0.15) is 0 Å². The van der Waals surface area contributed by atoms with Crippen molar-refractivity contribution in [2.75, 3.05) is 29.7 Å². The Labute approximate surface area is 139 Å². The zero-order valence-corrected chi connectivity index (χ0v) is 13.9. The zero-order chi connectivity index (χ0) is 12.7. The van der Waals surface area contributed by atoms with Gasteiger partial charge in [-0.25, -0.2) is 0 Å². The van der Waals surface area contributed by atoms with E-state index in [4.69, 9.17) is 28.3 Å². The molecule has 18 heavy (non-hydrogen) atoms. The third-order valence-electron chi connectivity index (χ3n) is 2.37. The summed E-state index contributed by atoms with van der Waals surface area (Å²) in [6.07, 6.45) is 0.0469. The van der Waals surface area contributed by atoms with Crippen molar-refractivity contribution in [3.63, 3.8) is 0 Å². The minimum Gasteiger partial charge on any atom is -0.481 e. The van der Waals surface area contributed by atoms with Gasteiger partial charge in [0, 0.05) is 60.1 Å². The van der Waals surface area contributed by atoms with E-state index in [0.717, 1.165) is 24.3 Å². The molecule has 95 valence electrons. The van der Waals surface area contributed by atoms with Crippen LogP contribution in [0.1, 0.15) is 5.56 Å². The SMILES string of the molecule is O=C(O)Cc1ccc(N(CCCl)CCCl)cc1.[Na]. The summed E-state index contributed by atoms with van der Waals surface area (Å²) in [6.45, 7) is 1.46. The number of halogens is 2. The van der Waals surface area contributed by atoms with Gasteiger partial charge >= 0.3 is 5.97 Å². The summed E-state index contributed by atoms with van der Waals surface area (Å²) in [7, 11) is 0. The number of benzene rings is 1. The average Bonchev–Trinajstić information content (AvgIpc) is 2.29. The van der Waals surface area contributed by atoms with E-state index in [2.05, 4.69) is 4.90 Å². The summed E-state index contributed by atoms with van der Waals surface area (Å²) >= 11 is 11.4. The van der Waals surface area contributed by atoms with Gasteiger partial charge < -0.3 is 10.0 Å². The first-order valence-corrected chi connectivity index (χ1v) is 6.42. The van der Waals surface area contributed by atoms with Crippen molar-refractivity contribution in [3.05, 3.63) is 29.8 Å². The van der Waals surface area contributed by atoms with Gasteiger partial charge in [0.15, 0.2) is 0 Å². The van der Waals surface area contributed by atoms with Crippen LogP contribution in [0.4, 0.5) is 5.69 Å². The second kappa shape index (κ2) is 9.93. The van der Waals surface area contributed by atoms with Crippen LogP contribution < -0.4 is 4.90 Å². The third kappa shape index (κ3) is 6.30. The van der Waals surface area contributed by atoms with Crippen molar-refractivity contribution < 1.29 is 9.90 Å². The standard InChI is InChI=1S/C12H15Cl2NO2.Na/c13-5-7-15(8-6-14)11-3-1-10(2-4-11)9-12(16)17;/h1-4H,5-9H2,(H,16,17);. The number of hydrogen-bond donors (Lipinski definition) is 1. The van der Waals surface area contributed by atoms with Gasteiger partial charge in [-0.2, -0.15) is 0 Å². The molecule has 0 amide bonds. The first kappa shape index (κ1) is 18.1. The smallest absolute Gasteiger partial charge is 0.307 e. The minimum atomic E-state index is -0.823. The number of carbonyl (C=O) groups is 1. The topological polar surface area (TPSA) is 40.5 Å². The van der Waals surface area contributed by atoms with E-state index in [9.17, 15) is 4.79 Å². The van der Waals surface area contributed by atoms with Crippen LogP contribution in [0.2, 0.25) is 0 Å². The monoisotopic (exact) mass is 298 g/mol. The first-order chi connectivity index (χ1) is 8.17. The number of nitrogens with zero attached hydrogens (tertiary/aromatic N) is 1. The van der Waals surface area contributed by atoms with Crippen molar-refractivity contribution in [2.24, 2.45) is 0 Å². The van der Waals surface area contributed by atoms with Gasteiger partial charge in [-0.15, -0.1) is 23.2 Å². The zero-order valence-electron chi connectivity index (χ0n) is 10.4. The molecule has 0 bridgehead atoms. The van der Waals surface area contributed by atoms with Crippen molar-refractivity contribution in [2.45, 2.75) is 6.42 Å². The molecule has 0 aliphatic carbocycles. The van der Waals surface area contributed by atoms with E-state index in [-0.39, 0.29) is 36.0 Å². The molecule has 0 fully saturated rings. The molecule has 0 saturated carbocycles. The number of alkyl halides is 2. The number of anilines is 1. The van der Waals surface area contributed by atoms with E-state index in [0.29, 0.717) is 11.8 Å². The normalized spacial score (nSPS) is 9.67. The predicted molar refractivity (Wildman–Crippen MR) is 77.2 cm³/mol. The molecule has 0 aromatic heterocycles. The van der Waals surface area contributed by atoms with Crippen LogP contribution >= 0.6 is 23.2 Å². The molecule has 0 aliphatic rings. The molecule has 0 spiro atoms. The summed E-state index contributed by atoms with van der Waals surface area (Å²) in [5, 5.41) is 8.67. The Hall–Kier alpha value is 0.0700. The molecular formula is C12H15Cl2NNaO2. The minimum absolute atomic E-state index is 0. The fourth-order valence-corrected chi connectivity index (χ4v) is 1.98. The second-order valence-corrected chi connectivity index (χ2v) is 4.36. The summed E-state index contributed by atoms with van der Waals surface area (Å²) in [5.41, 5.74) is 1.80. The predicted octanol–water partition coefficient (Wildman–Crippen LogP) is 2.22. The molecular weight excluding hydrogens is 284 g/mol. The maximum absolute atomic E-state index is 10.5. The summed E-state index contributed by atoms with van der Waals surface area (Å²) in [5.74, 6) is 0.248. The Bertz CT molecular complexity index is 354. The summed E-state index contributed by atoms with van der Waals surface area (Å²) in [6, 6.07) is 7.44. The van der Waals surface area contributed by atoms with Crippen LogP contribution in [0.3, 0.4) is 0 Å². The Morgan fingerprint density at radius 1 is 1.11 bits per heavy atom. The van der Waals surface area contributed by atoms with Gasteiger partial charge in [-0.1, -0.05) is 12.1 Å². The number of carboxylic acids is 1. The van der Waals surface area contributed by atoms with E-state index in [1.54, 1.807) is 0 Å². The van der Waals surface area contributed by atoms with Gasteiger partial charge in [0.05, 0.1) is 6.42 Å². The molecule has 1 aromatic carbocycles. The first-order valence-electron chi connectivity index (χ1n) is 5.35. The van der Waals surface area contributed by atoms with Crippen molar-refractivity contribution in [1.29, 1.82) is 0 Å². The van der Waals surface area contributed by atoms with Crippen LogP contribution in [-0.4, -0.2) is 65.5 Å². The van der Waals surface area contributed by atoms with Crippen LogP contribution in [0, 0.1) is 0 Å². The number of aliphatic carboxylic acids is 1. The molecule has 0 atom stereocenters. The van der Waals surface area contributed by atoms with E-state index in [1.165, 1.54) is 0 Å². The largest absolute Gasteiger partial charge is 0.481 e. The molecule has 1 rings (SSSR count).